The van der Waals surface area contributed by atoms with Crippen LogP contribution < -0.4 is 4.74 Å². The molecule has 0 aliphatic rings. The maximum absolute atomic E-state index is 9.05. The lowest BCUT2D eigenvalue weighted by molar-refractivity contribution is 0.300. The highest BCUT2D eigenvalue weighted by atomic mass is 16.5. The lowest BCUT2D eigenvalue weighted by Crippen LogP contribution is -1.98. The summed E-state index contributed by atoms with van der Waals surface area (Å²) in [4.78, 5) is 4.32. The summed E-state index contributed by atoms with van der Waals surface area (Å²) >= 11 is 0. The predicted octanol–water partition coefficient (Wildman–Crippen LogP) is 2.57. The van der Waals surface area contributed by atoms with E-state index in [1.807, 2.05) is 18.2 Å². The SMILES string of the molecule is Oc1cc(CCCCOc2ccc(-c3ccn[nH]3)nc2)on1. The molecule has 3 rings (SSSR count). The van der Waals surface area contributed by atoms with Crippen LogP contribution in [-0.4, -0.2) is 32.1 Å². The van der Waals surface area contributed by atoms with E-state index in [-0.39, 0.29) is 5.88 Å². The van der Waals surface area contributed by atoms with Gasteiger partial charge in [0.05, 0.1) is 24.2 Å². The molecule has 114 valence electrons. The predicted molar refractivity (Wildman–Crippen MR) is 78.4 cm³/mol. The molecule has 0 saturated carbocycles. The van der Waals surface area contributed by atoms with Crippen molar-refractivity contribution < 1.29 is 14.4 Å². The minimum Gasteiger partial charge on any atom is -0.492 e. The molecular weight excluding hydrogens is 284 g/mol. The lowest BCUT2D eigenvalue weighted by atomic mass is 10.2. The average Bonchev–Trinajstić information content (AvgIpc) is 3.19. The molecule has 7 nitrogen and oxygen atoms in total. The van der Waals surface area contributed by atoms with Crippen molar-refractivity contribution in [2.75, 3.05) is 6.61 Å². The largest absolute Gasteiger partial charge is 0.492 e. The van der Waals surface area contributed by atoms with Crippen LogP contribution in [0, 0.1) is 0 Å². The van der Waals surface area contributed by atoms with Gasteiger partial charge in [0.25, 0.3) is 5.88 Å². The smallest absolute Gasteiger partial charge is 0.251 e. The van der Waals surface area contributed by atoms with Gasteiger partial charge >= 0.3 is 0 Å². The number of H-pyrrole nitrogens is 1. The number of hydrogen-bond acceptors (Lipinski definition) is 6. The Bertz CT molecular complexity index is 692. The van der Waals surface area contributed by atoms with Gasteiger partial charge in [-0.1, -0.05) is 0 Å². The number of aromatic amines is 1. The van der Waals surface area contributed by atoms with Crippen LogP contribution in [0.3, 0.4) is 0 Å². The molecule has 0 aliphatic carbocycles. The number of hydrogen-bond donors (Lipinski definition) is 2. The molecule has 0 bridgehead atoms. The second-order valence-electron chi connectivity index (χ2n) is 4.81. The Labute approximate surface area is 126 Å². The second-order valence-corrected chi connectivity index (χ2v) is 4.81. The van der Waals surface area contributed by atoms with Crippen LogP contribution in [0.25, 0.3) is 11.4 Å². The molecule has 7 heteroatoms. The van der Waals surface area contributed by atoms with Crippen LogP contribution in [-0.2, 0) is 6.42 Å². The van der Waals surface area contributed by atoms with Gasteiger partial charge in [-0.05, 0) is 36.2 Å². The molecule has 0 atom stereocenters. The van der Waals surface area contributed by atoms with Crippen LogP contribution in [0.1, 0.15) is 18.6 Å². The first-order valence-electron chi connectivity index (χ1n) is 7.04. The molecule has 0 spiro atoms. The monoisotopic (exact) mass is 300 g/mol. The molecule has 0 fully saturated rings. The molecule has 22 heavy (non-hydrogen) atoms. The lowest BCUT2D eigenvalue weighted by Gasteiger charge is -2.05. The zero-order chi connectivity index (χ0) is 15.2. The highest BCUT2D eigenvalue weighted by Gasteiger charge is 2.03. The van der Waals surface area contributed by atoms with Gasteiger partial charge in [0.15, 0.2) is 0 Å². The third-order valence-corrected chi connectivity index (χ3v) is 3.15. The summed E-state index contributed by atoms with van der Waals surface area (Å²) in [6.45, 7) is 0.602. The summed E-state index contributed by atoms with van der Waals surface area (Å²) in [6.07, 6.45) is 5.90. The Morgan fingerprint density at radius 3 is 2.86 bits per heavy atom. The third kappa shape index (κ3) is 3.63. The van der Waals surface area contributed by atoms with Crippen LogP contribution in [0.4, 0.5) is 0 Å². The van der Waals surface area contributed by atoms with Crippen molar-refractivity contribution in [3.8, 4) is 23.0 Å². The highest BCUT2D eigenvalue weighted by molar-refractivity contribution is 5.53. The molecule has 0 amide bonds. The van der Waals surface area contributed by atoms with Gasteiger partial charge in [0.1, 0.15) is 11.5 Å². The number of rotatable bonds is 7. The Balaban J connectivity index is 1.40. The molecule has 0 radical (unpaired) electrons. The van der Waals surface area contributed by atoms with Crippen molar-refractivity contribution in [2.24, 2.45) is 0 Å². The van der Waals surface area contributed by atoms with E-state index < -0.39 is 0 Å². The summed E-state index contributed by atoms with van der Waals surface area (Å²) in [5.41, 5.74) is 1.71. The molecule has 3 aromatic heterocycles. The zero-order valence-corrected chi connectivity index (χ0v) is 11.9. The zero-order valence-electron chi connectivity index (χ0n) is 11.9. The number of pyridine rings is 1. The number of aromatic nitrogens is 4. The fraction of sp³-hybridized carbons (Fsp3) is 0.267. The van der Waals surface area contributed by atoms with Gasteiger partial charge in [0.2, 0.25) is 0 Å². The Morgan fingerprint density at radius 1 is 1.23 bits per heavy atom. The van der Waals surface area contributed by atoms with E-state index in [0.717, 1.165) is 36.4 Å². The number of unbranched alkanes of at least 4 members (excludes halogenated alkanes) is 1. The standard InChI is InChI=1S/C15H16N4O3/c20-15-9-11(22-19-15)3-1-2-8-21-12-4-5-13(16-10-12)14-6-7-17-18-14/h4-7,9-10H,1-3,8H2,(H,17,18)(H,19,20). The van der Waals surface area contributed by atoms with Crippen molar-refractivity contribution >= 4 is 0 Å². The van der Waals surface area contributed by atoms with E-state index in [2.05, 4.69) is 20.3 Å². The van der Waals surface area contributed by atoms with Crippen molar-refractivity contribution in [1.29, 1.82) is 0 Å². The van der Waals surface area contributed by atoms with Crippen molar-refractivity contribution in [1.82, 2.24) is 20.3 Å². The van der Waals surface area contributed by atoms with Crippen LogP contribution in [0.5, 0.6) is 11.6 Å². The first-order valence-corrected chi connectivity index (χ1v) is 7.04. The topological polar surface area (TPSA) is 97.1 Å². The second kappa shape index (κ2) is 6.75. The first kappa shape index (κ1) is 14.1. The first-order chi connectivity index (χ1) is 10.8. The quantitative estimate of drug-likeness (QED) is 0.651. The van der Waals surface area contributed by atoms with E-state index in [4.69, 9.17) is 14.4 Å². The molecule has 3 aromatic rings. The Kier molecular flexibility index (Phi) is 4.33. The van der Waals surface area contributed by atoms with Crippen LogP contribution in [0.2, 0.25) is 0 Å². The van der Waals surface area contributed by atoms with Crippen molar-refractivity contribution in [3.05, 3.63) is 42.4 Å². The van der Waals surface area contributed by atoms with E-state index in [0.29, 0.717) is 12.4 Å². The van der Waals surface area contributed by atoms with Gasteiger partial charge in [-0.2, -0.15) is 5.10 Å². The molecule has 0 unspecified atom stereocenters. The number of nitrogens with one attached hydrogen (secondary N) is 1. The van der Waals surface area contributed by atoms with E-state index in [1.54, 1.807) is 12.4 Å². The summed E-state index contributed by atoms with van der Waals surface area (Å²) < 4.78 is 10.6. The summed E-state index contributed by atoms with van der Waals surface area (Å²) in [6, 6.07) is 7.17. The minimum absolute atomic E-state index is 0.0744. The van der Waals surface area contributed by atoms with Crippen LogP contribution in [0.15, 0.2) is 41.2 Å². The van der Waals surface area contributed by atoms with E-state index >= 15 is 0 Å². The molecule has 2 N–H and O–H groups in total. The van der Waals surface area contributed by atoms with E-state index in [9.17, 15) is 0 Å². The molecule has 0 aromatic carbocycles. The summed E-state index contributed by atoms with van der Waals surface area (Å²) in [5, 5.41) is 19.2. The fourth-order valence-electron chi connectivity index (χ4n) is 2.03. The number of nitrogens with zero attached hydrogens (tertiary/aromatic N) is 3. The average molecular weight is 300 g/mol. The van der Waals surface area contributed by atoms with Gasteiger partial charge in [0, 0.05) is 18.7 Å². The van der Waals surface area contributed by atoms with Crippen molar-refractivity contribution in [2.45, 2.75) is 19.3 Å². The van der Waals surface area contributed by atoms with Gasteiger partial charge in [-0.25, -0.2) is 0 Å². The van der Waals surface area contributed by atoms with Crippen molar-refractivity contribution in [3.63, 3.8) is 0 Å². The maximum Gasteiger partial charge on any atom is 0.251 e. The van der Waals surface area contributed by atoms with E-state index in [1.165, 1.54) is 6.07 Å². The maximum atomic E-state index is 9.05. The number of aromatic hydroxyl groups is 1. The van der Waals surface area contributed by atoms with Gasteiger partial charge < -0.3 is 14.4 Å². The number of aryl methyl sites for hydroxylation is 1. The third-order valence-electron chi connectivity index (χ3n) is 3.15. The minimum atomic E-state index is -0.0744. The number of ether oxygens (including phenoxy) is 1. The molecule has 0 aliphatic heterocycles. The Hall–Kier alpha value is -2.83. The summed E-state index contributed by atoms with van der Waals surface area (Å²) in [5.74, 6) is 1.35. The fourth-order valence-corrected chi connectivity index (χ4v) is 2.03. The van der Waals surface area contributed by atoms with Gasteiger partial charge in [-0.3, -0.25) is 10.1 Å². The normalized spacial score (nSPS) is 10.7. The Morgan fingerprint density at radius 2 is 2.18 bits per heavy atom. The molecular formula is C15H16N4O3. The van der Waals surface area contributed by atoms with Gasteiger partial charge in [-0.15, -0.1) is 0 Å². The molecule has 0 saturated heterocycles. The van der Waals surface area contributed by atoms with Crippen LogP contribution >= 0.6 is 0 Å². The summed E-state index contributed by atoms with van der Waals surface area (Å²) in [7, 11) is 0. The highest BCUT2D eigenvalue weighted by Crippen LogP contribution is 2.17. The molecule has 3 heterocycles.